The molecule has 27 heavy (non-hydrogen) atoms. The number of ether oxygens (including phenoxy) is 1. The van der Waals surface area contributed by atoms with Crippen LogP contribution in [0.5, 0.6) is 0 Å². The molecule has 0 radical (unpaired) electrons. The fourth-order valence-electron chi connectivity index (χ4n) is 4.42. The zero-order valence-corrected chi connectivity index (χ0v) is 15.9. The van der Waals surface area contributed by atoms with Crippen LogP contribution in [0.1, 0.15) is 43.0 Å². The Morgan fingerprint density at radius 2 is 2.04 bits per heavy atom. The molecule has 2 saturated heterocycles. The number of rotatable bonds is 5. The average Bonchev–Trinajstić information content (AvgIpc) is 3.21. The smallest absolute Gasteiger partial charge is 0.227 e. The number of amides is 1. The number of piperidine rings is 1. The number of hydrogen-bond acceptors (Lipinski definition) is 4. The SMILES string of the molecule is COCc1cn(C2CC3CCC(C2)N3C(=O)Cc2c(F)cccc2Cl)nn1. The molecule has 0 N–H and O–H groups in total. The lowest BCUT2D eigenvalue weighted by molar-refractivity contribution is -0.135. The largest absolute Gasteiger partial charge is 0.378 e. The van der Waals surface area contributed by atoms with Crippen molar-refractivity contribution in [2.24, 2.45) is 0 Å². The quantitative estimate of drug-likeness (QED) is 0.784. The van der Waals surface area contributed by atoms with Crippen LogP contribution < -0.4 is 0 Å². The first-order chi connectivity index (χ1) is 13.1. The van der Waals surface area contributed by atoms with E-state index in [1.807, 2.05) is 15.8 Å². The van der Waals surface area contributed by atoms with Gasteiger partial charge < -0.3 is 9.64 Å². The predicted molar refractivity (Wildman–Crippen MR) is 97.8 cm³/mol. The topological polar surface area (TPSA) is 60.2 Å². The van der Waals surface area contributed by atoms with Gasteiger partial charge in [-0.3, -0.25) is 4.79 Å². The normalized spacial score (nSPS) is 24.4. The molecule has 0 saturated carbocycles. The van der Waals surface area contributed by atoms with Gasteiger partial charge in [-0.25, -0.2) is 9.07 Å². The second-order valence-corrected chi connectivity index (χ2v) is 7.72. The van der Waals surface area contributed by atoms with Gasteiger partial charge >= 0.3 is 0 Å². The van der Waals surface area contributed by atoms with Crippen LogP contribution in [0, 0.1) is 5.82 Å². The maximum absolute atomic E-state index is 14.1. The highest BCUT2D eigenvalue weighted by Crippen LogP contribution is 2.41. The number of fused-ring (bicyclic) bond motifs is 2. The van der Waals surface area contributed by atoms with E-state index in [0.29, 0.717) is 11.6 Å². The van der Waals surface area contributed by atoms with E-state index >= 15 is 0 Å². The van der Waals surface area contributed by atoms with Crippen molar-refractivity contribution in [1.29, 1.82) is 0 Å². The monoisotopic (exact) mass is 392 g/mol. The molecule has 4 rings (SSSR count). The predicted octanol–water partition coefficient (Wildman–Crippen LogP) is 3.15. The van der Waals surface area contributed by atoms with Gasteiger partial charge in [0, 0.05) is 29.8 Å². The molecule has 144 valence electrons. The van der Waals surface area contributed by atoms with Gasteiger partial charge in [0.15, 0.2) is 0 Å². The van der Waals surface area contributed by atoms with Crippen LogP contribution in [0.25, 0.3) is 0 Å². The van der Waals surface area contributed by atoms with Crippen molar-refractivity contribution in [2.75, 3.05) is 7.11 Å². The van der Waals surface area contributed by atoms with Gasteiger partial charge in [-0.05, 0) is 37.8 Å². The van der Waals surface area contributed by atoms with Crippen LogP contribution in [-0.4, -0.2) is 45.0 Å². The maximum atomic E-state index is 14.1. The maximum Gasteiger partial charge on any atom is 0.227 e. The summed E-state index contributed by atoms with van der Waals surface area (Å²) in [6, 6.07) is 5.05. The van der Waals surface area contributed by atoms with Crippen LogP contribution in [0.4, 0.5) is 4.39 Å². The van der Waals surface area contributed by atoms with Crippen molar-refractivity contribution in [3.8, 4) is 0 Å². The number of benzene rings is 1. The highest BCUT2D eigenvalue weighted by molar-refractivity contribution is 6.31. The number of carbonyl (C=O) groups is 1. The molecule has 8 heteroatoms. The van der Waals surface area contributed by atoms with Crippen LogP contribution >= 0.6 is 11.6 Å². The Balaban J connectivity index is 1.46. The number of hydrogen-bond donors (Lipinski definition) is 0. The average molecular weight is 393 g/mol. The van der Waals surface area contributed by atoms with Gasteiger partial charge in [-0.1, -0.05) is 22.9 Å². The van der Waals surface area contributed by atoms with Gasteiger partial charge in [0.25, 0.3) is 0 Å². The third-order valence-corrected chi connectivity index (χ3v) is 5.96. The molecule has 1 aromatic carbocycles. The molecule has 2 bridgehead atoms. The summed E-state index contributed by atoms with van der Waals surface area (Å²) in [6.07, 6.45) is 5.54. The molecule has 6 nitrogen and oxygen atoms in total. The van der Waals surface area contributed by atoms with Crippen LogP contribution in [0.3, 0.4) is 0 Å². The Morgan fingerprint density at radius 3 is 2.70 bits per heavy atom. The first-order valence-electron chi connectivity index (χ1n) is 9.20. The summed E-state index contributed by atoms with van der Waals surface area (Å²) in [5.74, 6) is -0.474. The minimum Gasteiger partial charge on any atom is -0.378 e. The molecule has 2 atom stereocenters. The van der Waals surface area contributed by atoms with E-state index < -0.39 is 5.82 Å². The van der Waals surface area contributed by atoms with E-state index in [-0.39, 0.29) is 36.0 Å². The van der Waals surface area contributed by atoms with Gasteiger partial charge in [-0.2, -0.15) is 0 Å². The molecule has 0 aliphatic carbocycles. The summed E-state index contributed by atoms with van der Waals surface area (Å²) in [5.41, 5.74) is 1.09. The lowest BCUT2D eigenvalue weighted by Gasteiger charge is -2.39. The summed E-state index contributed by atoms with van der Waals surface area (Å²) in [6.45, 7) is 0.438. The Labute approximate surface area is 162 Å². The van der Waals surface area contributed by atoms with Crippen LogP contribution in [-0.2, 0) is 22.6 Å². The third-order valence-electron chi connectivity index (χ3n) is 5.61. The lowest BCUT2D eigenvalue weighted by Crippen LogP contribution is -2.47. The molecule has 2 unspecified atom stereocenters. The van der Waals surface area contributed by atoms with Gasteiger partial charge in [0.1, 0.15) is 11.5 Å². The van der Waals surface area contributed by atoms with Gasteiger partial charge in [-0.15, -0.1) is 5.10 Å². The van der Waals surface area contributed by atoms with E-state index in [1.165, 1.54) is 6.07 Å². The molecule has 2 fully saturated rings. The fraction of sp³-hybridized carbons (Fsp3) is 0.526. The standard InChI is InChI=1S/C19H22ClFN4O2/c1-27-11-12-10-24(23-22-12)15-7-13-5-6-14(8-15)25(13)19(26)9-16-17(20)3-2-4-18(16)21/h2-4,10,13-15H,5-9,11H2,1H3. The Hall–Kier alpha value is -1.99. The van der Waals surface area contributed by atoms with Crippen molar-refractivity contribution in [3.63, 3.8) is 0 Å². The second kappa shape index (κ2) is 7.56. The Morgan fingerprint density at radius 1 is 1.30 bits per heavy atom. The molecule has 2 aromatic rings. The van der Waals surface area contributed by atoms with Crippen LogP contribution in [0.2, 0.25) is 5.02 Å². The van der Waals surface area contributed by atoms with Crippen molar-refractivity contribution >= 4 is 17.5 Å². The van der Waals surface area contributed by atoms with E-state index in [1.54, 1.807) is 19.2 Å². The molecular formula is C19H22ClFN4O2. The van der Waals surface area contributed by atoms with Crippen molar-refractivity contribution in [1.82, 2.24) is 19.9 Å². The summed E-state index contributed by atoms with van der Waals surface area (Å²) >= 11 is 6.09. The molecule has 2 aliphatic heterocycles. The number of carbonyl (C=O) groups excluding carboxylic acids is 1. The highest BCUT2D eigenvalue weighted by Gasteiger charge is 2.44. The van der Waals surface area contributed by atoms with Crippen molar-refractivity contribution in [2.45, 2.75) is 56.8 Å². The number of halogens is 2. The molecule has 1 aromatic heterocycles. The number of methoxy groups -OCH3 is 1. The van der Waals surface area contributed by atoms with E-state index in [2.05, 4.69) is 10.3 Å². The minimum absolute atomic E-state index is 0.00445. The number of aromatic nitrogens is 3. The molecule has 3 heterocycles. The van der Waals surface area contributed by atoms with Crippen molar-refractivity contribution in [3.05, 3.63) is 46.5 Å². The van der Waals surface area contributed by atoms with Gasteiger partial charge in [0.05, 0.1) is 25.3 Å². The van der Waals surface area contributed by atoms with E-state index in [0.717, 1.165) is 31.4 Å². The fourth-order valence-corrected chi connectivity index (χ4v) is 4.65. The Bertz CT molecular complexity index is 809. The zero-order chi connectivity index (χ0) is 19.0. The summed E-state index contributed by atoms with van der Waals surface area (Å²) in [7, 11) is 1.63. The third kappa shape index (κ3) is 3.58. The summed E-state index contributed by atoms with van der Waals surface area (Å²) in [4.78, 5) is 14.9. The van der Waals surface area contributed by atoms with E-state index in [9.17, 15) is 9.18 Å². The Kier molecular flexibility index (Phi) is 5.14. The number of nitrogens with zero attached hydrogens (tertiary/aromatic N) is 4. The molecule has 2 aliphatic rings. The first kappa shape index (κ1) is 18.4. The molecule has 1 amide bonds. The summed E-state index contributed by atoms with van der Waals surface area (Å²) in [5, 5.41) is 8.67. The second-order valence-electron chi connectivity index (χ2n) is 7.31. The van der Waals surface area contributed by atoms with E-state index in [4.69, 9.17) is 16.3 Å². The van der Waals surface area contributed by atoms with Crippen molar-refractivity contribution < 1.29 is 13.9 Å². The lowest BCUT2D eigenvalue weighted by atomic mass is 9.96. The first-order valence-corrected chi connectivity index (χ1v) is 9.58. The van der Waals surface area contributed by atoms with Crippen LogP contribution in [0.15, 0.2) is 24.4 Å². The van der Waals surface area contributed by atoms with Gasteiger partial charge in [0.2, 0.25) is 5.91 Å². The molecular weight excluding hydrogens is 371 g/mol. The minimum atomic E-state index is -0.425. The zero-order valence-electron chi connectivity index (χ0n) is 15.1. The highest BCUT2D eigenvalue weighted by atomic mass is 35.5. The summed E-state index contributed by atoms with van der Waals surface area (Å²) < 4.78 is 21.0. The molecule has 0 spiro atoms.